The van der Waals surface area contributed by atoms with Gasteiger partial charge in [-0.3, -0.25) is 0 Å². The second kappa shape index (κ2) is 9.61. The summed E-state index contributed by atoms with van der Waals surface area (Å²) >= 11 is 0. The molecule has 0 spiro atoms. The van der Waals surface area contributed by atoms with Gasteiger partial charge in [-0.05, 0) is 54.3 Å². The van der Waals surface area contributed by atoms with Crippen LogP contribution in [0.3, 0.4) is 0 Å². The zero-order chi connectivity index (χ0) is 25.6. The lowest BCUT2D eigenvalue weighted by Crippen LogP contribution is -2.43. The van der Waals surface area contributed by atoms with Gasteiger partial charge in [-0.15, -0.1) is 0 Å². The Kier molecular flexibility index (Phi) is 6.28. The number of ether oxygens (including phenoxy) is 3. The molecule has 4 atom stereocenters. The van der Waals surface area contributed by atoms with E-state index in [2.05, 4.69) is 0 Å². The number of hydrogen-bond donors (Lipinski definition) is 1. The molecule has 3 aromatic rings. The highest BCUT2D eigenvalue weighted by Gasteiger charge is 2.48. The van der Waals surface area contributed by atoms with Crippen LogP contribution in [-0.2, 0) is 21.4 Å². The first-order valence-corrected chi connectivity index (χ1v) is 13.9. The second-order valence-electron chi connectivity index (χ2n) is 9.80. The van der Waals surface area contributed by atoms with Gasteiger partial charge < -0.3 is 19.3 Å². The van der Waals surface area contributed by atoms with Crippen molar-refractivity contribution in [2.24, 2.45) is 0 Å². The SMILES string of the molecule is Cc1ccc(S(=O)(=O)N2C[C@@H](c3ccc4c(c3)OCO4)C3=C[C@H](OCc4ccccc4)[C@@H](O)C[C@@H]32)cc1. The van der Waals surface area contributed by atoms with Gasteiger partial charge in [-0.2, -0.15) is 4.31 Å². The van der Waals surface area contributed by atoms with Crippen LogP contribution in [0.25, 0.3) is 0 Å². The maximum Gasteiger partial charge on any atom is 0.243 e. The quantitative estimate of drug-likeness (QED) is 0.493. The fourth-order valence-corrected chi connectivity index (χ4v) is 7.06. The molecule has 1 aliphatic carbocycles. The van der Waals surface area contributed by atoms with Crippen LogP contribution in [0.4, 0.5) is 0 Å². The summed E-state index contributed by atoms with van der Waals surface area (Å²) in [4.78, 5) is 0.251. The van der Waals surface area contributed by atoms with Crippen molar-refractivity contribution < 1.29 is 27.7 Å². The number of aryl methyl sites for hydroxylation is 1. The number of nitrogens with zero attached hydrogens (tertiary/aromatic N) is 1. The van der Waals surface area contributed by atoms with E-state index in [0.29, 0.717) is 18.1 Å². The third-order valence-corrected chi connectivity index (χ3v) is 9.30. The van der Waals surface area contributed by atoms with E-state index < -0.39 is 28.3 Å². The van der Waals surface area contributed by atoms with E-state index in [1.807, 2.05) is 61.5 Å². The summed E-state index contributed by atoms with van der Waals surface area (Å²) in [5, 5.41) is 11.0. The molecule has 0 radical (unpaired) electrons. The zero-order valence-corrected chi connectivity index (χ0v) is 21.3. The molecule has 1 saturated heterocycles. The van der Waals surface area contributed by atoms with E-state index in [4.69, 9.17) is 14.2 Å². The van der Waals surface area contributed by atoms with Gasteiger partial charge in [0.05, 0.1) is 17.6 Å². The van der Waals surface area contributed by atoms with Crippen LogP contribution in [0.15, 0.2) is 89.3 Å². The first kappa shape index (κ1) is 24.2. The number of aliphatic hydroxyl groups excluding tert-OH is 1. The summed E-state index contributed by atoms with van der Waals surface area (Å²) in [6.07, 6.45) is 0.827. The minimum absolute atomic E-state index is 0.171. The summed E-state index contributed by atoms with van der Waals surface area (Å²) in [6, 6.07) is 22.0. The molecule has 0 saturated carbocycles. The molecule has 0 unspecified atom stereocenters. The van der Waals surface area contributed by atoms with Gasteiger partial charge in [0.2, 0.25) is 16.8 Å². The highest BCUT2D eigenvalue weighted by atomic mass is 32.2. The molecule has 192 valence electrons. The monoisotopic (exact) mass is 519 g/mol. The lowest BCUT2D eigenvalue weighted by molar-refractivity contribution is -0.0315. The van der Waals surface area contributed by atoms with Crippen molar-refractivity contribution in [1.82, 2.24) is 4.31 Å². The largest absolute Gasteiger partial charge is 0.454 e. The number of benzene rings is 3. The van der Waals surface area contributed by atoms with Gasteiger partial charge >= 0.3 is 0 Å². The molecule has 7 nitrogen and oxygen atoms in total. The molecular weight excluding hydrogens is 490 g/mol. The molecule has 1 N–H and O–H groups in total. The van der Waals surface area contributed by atoms with Gasteiger partial charge in [-0.1, -0.05) is 60.2 Å². The topological polar surface area (TPSA) is 85.3 Å². The summed E-state index contributed by atoms with van der Waals surface area (Å²) in [6.45, 7) is 2.72. The van der Waals surface area contributed by atoms with Crippen molar-refractivity contribution in [3.8, 4) is 11.5 Å². The Labute approximate surface area is 217 Å². The van der Waals surface area contributed by atoms with Crippen LogP contribution in [0.2, 0.25) is 0 Å². The Morgan fingerprint density at radius 3 is 2.54 bits per heavy atom. The molecular formula is C29H29NO6S. The van der Waals surface area contributed by atoms with Crippen LogP contribution in [0.5, 0.6) is 11.5 Å². The predicted octanol–water partition coefficient (Wildman–Crippen LogP) is 4.16. The van der Waals surface area contributed by atoms with E-state index in [9.17, 15) is 13.5 Å². The van der Waals surface area contributed by atoms with Gasteiger partial charge in [-0.25, -0.2) is 8.42 Å². The van der Waals surface area contributed by atoms with Crippen molar-refractivity contribution in [2.45, 2.75) is 49.0 Å². The van der Waals surface area contributed by atoms with Crippen LogP contribution >= 0.6 is 0 Å². The zero-order valence-electron chi connectivity index (χ0n) is 20.5. The average molecular weight is 520 g/mol. The molecule has 3 aromatic carbocycles. The van der Waals surface area contributed by atoms with Crippen molar-refractivity contribution in [2.75, 3.05) is 13.3 Å². The Balaban J connectivity index is 1.36. The first-order valence-electron chi connectivity index (χ1n) is 12.4. The third-order valence-electron chi connectivity index (χ3n) is 7.41. The number of aliphatic hydroxyl groups is 1. The van der Waals surface area contributed by atoms with Gasteiger partial charge in [0, 0.05) is 18.5 Å². The van der Waals surface area contributed by atoms with Gasteiger partial charge in [0.15, 0.2) is 11.5 Å². The van der Waals surface area contributed by atoms with Crippen molar-refractivity contribution in [3.05, 3.63) is 101 Å². The lowest BCUT2D eigenvalue weighted by atomic mass is 9.83. The standard InChI is InChI=1S/C29H29NO6S/c1-19-7-10-22(11-8-19)37(32,33)30-16-24(21-9-12-27-29(13-21)36-18-35-27)23-14-28(26(31)15-25(23)30)34-17-20-5-3-2-4-6-20/h2-14,24-26,28,31H,15-18H2,1H3/t24-,25-,26-,28-/m0/s1. The summed E-state index contributed by atoms with van der Waals surface area (Å²) in [5.41, 5.74) is 3.89. The smallest absolute Gasteiger partial charge is 0.243 e. The number of hydrogen-bond acceptors (Lipinski definition) is 6. The number of rotatable bonds is 6. The van der Waals surface area contributed by atoms with E-state index in [0.717, 1.165) is 22.3 Å². The van der Waals surface area contributed by atoms with E-state index in [-0.39, 0.29) is 30.6 Å². The number of fused-ring (bicyclic) bond motifs is 2. The maximum atomic E-state index is 13.8. The van der Waals surface area contributed by atoms with Crippen molar-refractivity contribution in [1.29, 1.82) is 0 Å². The van der Waals surface area contributed by atoms with Crippen molar-refractivity contribution in [3.63, 3.8) is 0 Å². The van der Waals surface area contributed by atoms with Crippen LogP contribution in [0, 0.1) is 6.92 Å². The summed E-state index contributed by atoms with van der Waals surface area (Å²) in [7, 11) is -3.79. The Hall–Kier alpha value is -3.17. The Bertz CT molecular complexity index is 1420. The highest BCUT2D eigenvalue weighted by Crippen LogP contribution is 2.46. The maximum absolute atomic E-state index is 13.8. The molecule has 0 amide bonds. The normalized spacial score (nSPS) is 25.1. The molecule has 8 heteroatoms. The van der Waals surface area contributed by atoms with E-state index >= 15 is 0 Å². The van der Waals surface area contributed by atoms with E-state index in [1.54, 1.807) is 24.3 Å². The minimum Gasteiger partial charge on any atom is -0.454 e. The first-order chi connectivity index (χ1) is 17.9. The van der Waals surface area contributed by atoms with Crippen LogP contribution in [0.1, 0.15) is 29.0 Å². The Morgan fingerprint density at radius 1 is 1.00 bits per heavy atom. The molecule has 1 fully saturated rings. The molecule has 0 aromatic heterocycles. The highest BCUT2D eigenvalue weighted by molar-refractivity contribution is 7.89. The average Bonchev–Trinajstić information content (AvgIpc) is 3.52. The van der Waals surface area contributed by atoms with Crippen LogP contribution in [-0.4, -0.2) is 49.4 Å². The Morgan fingerprint density at radius 2 is 1.76 bits per heavy atom. The molecule has 0 bridgehead atoms. The van der Waals surface area contributed by atoms with E-state index in [1.165, 1.54) is 4.31 Å². The van der Waals surface area contributed by atoms with Crippen molar-refractivity contribution >= 4 is 10.0 Å². The molecule has 2 aliphatic heterocycles. The fourth-order valence-electron chi connectivity index (χ4n) is 5.42. The summed E-state index contributed by atoms with van der Waals surface area (Å²) < 4.78 is 46.3. The van der Waals surface area contributed by atoms with Crippen LogP contribution < -0.4 is 9.47 Å². The molecule has 2 heterocycles. The fraction of sp³-hybridized carbons (Fsp3) is 0.310. The summed E-state index contributed by atoms with van der Waals surface area (Å²) in [5.74, 6) is 1.14. The lowest BCUT2D eigenvalue weighted by Gasteiger charge is -2.33. The minimum atomic E-state index is -3.79. The molecule has 6 rings (SSSR count). The predicted molar refractivity (Wildman–Crippen MR) is 138 cm³/mol. The van der Waals surface area contributed by atoms with Gasteiger partial charge in [0.25, 0.3) is 0 Å². The second-order valence-corrected chi connectivity index (χ2v) is 11.7. The van der Waals surface area contributed by atoms with Gasteiger partial charge in [0.1, 0.15) is 6.10 Å². The molecule has 37 heavy (non-hydrogen) atoms. The number of sulfonamides is 1. The molecule has 3 aliphatic rings. The third kappa shape index (κ3) is 4.55.